The Hall–Kier alpha value is -1.41. The summed E-state index contributed by atoms with van der Waals surface area (Å²) in [5.41, 5.74) is 0. The van der Waals surface area contributed by atoms with E-state index in [1.165, 1.54) is 0 Å². The Morgan fingerprint density at radius 2 is 1.07 bits per heavy atom. The maximum Gasteiger partial charge on any atom is 0.896 e. The maximum absolute atomic E-state index is 10.5. The quantitative estimate of drug-likeness (QED) is 0.618. The number of carbonyl (C=O) groups excluding carboxylic acids is 3. The summed E-state index contributed by atoms with van der Waals surface area (Å²) in [6, 6.07) is 0. The van der Waals surface area contributed by atoms with E-state index in [2.05, 4.69) is 13.3 Å². The number of rotatable bonds is 3. The van der Waals surface area contributed by atoms with Gasteiger partial charge in [-0.1, -0.05) is 0 Å². The van der Waals surface area contributed by atoms with Crippen molar-refractivity contribution in [3.8, 4) is 0 Å². The molecular weight excluding hydrogens is 212 g/mol. The average Bonchev–Trinajstić information content (AvgIpc) is 1.76. The lowest BCUT2D eigenvalue weighted by atomic mass is 10.9. The molecular formula is C6H10O7Si. The third-order valence-corrected chi connectivity index (χ3v) is 2.45. The summed E-state index contributed by atoms with van der Waals surface area (Å²) < 4.78 is 12.7. The normalized spacial score (nSPS) is 10.3. The Kier molecular flexibility index (Phi) is 4.24. The molecule has 0 aromatic rings. The summed E-state index contributed by atoms with van der Waals surface area (Å²) in [5, 5.41) is 0. The summed E-state index contributed by atoms with van der Waals surface area (Å²) in [5.74, 6) is -2.75. The second kappa shape index (κ2) is 4.72. The molecule has 0 aliphatic rings. The van der Waals surface area contributed by atoms with Crippen LogP contribution in [0.5, 0.6) is 0 Å². The van der Waals surface area contributed by atoms with E-state index in [1.54, 1.807) is 0 Å². The van der Waals surface area contributed by atoms with E-state index < -0.39 is 27.0 Å². The predicted octanol–water partition coefficient (Wildman–Crippen LogP) is -0.896. The molecule has 0 atom stereocenters. The van der Waals surface area contributed by atoms with Gasteiger partial charge < -0.3 is 18.1 Å². The highest BCUT2D eigenvalue weighted by atomic mass is 28.4. The van der Waals surface area contributed by atoms with Gasteiger partial charge >= 0.3 is 9.05 Å². The largest absolute Gasteiger partial charge is 0.896 e. The van der Waals surface area contributed by atoms with Crippen LogP contribution in [-0.2, 0) is 27.7 Å². The minimum absolute atomic E-state index is 0.915. The van der Waals surface area contributed by atoms with Crippen molar-refractivity contribution >= 4 is 27.0 Å². The zero-order valence-electron chi connectivity index (χ0n) is 7.90. The number of hydrogen-bond donors (Lipinski definition) is 1. The number of carbonyl (C=O) groups is 3. The van der Waals surface area contributed by atoms with E-state index in [-0.39, 0.29) is 0 Å². The van der Waals surface area contributed by atoms with Gasteiger partial charge in [-0.05, 0) is 0 Å². The highest BCUT2D eigenvalue weighted by molar-refractivity contribution is 6.57. The fourth-order valence-electron chi connectivity index (χ4n) is 0.607. The molecule has 7 nitrogen and oxygen atoms in total. The molecule has 0 bridgehead atoms. The highest BCUT2D eigenvalue weighted by Gasteiger charge is 2.53. The highest BCUT2D eigenvalue weighted by Crippen LogP contribution is 2.06. The molecule has 0 amide bonds. The topological polar surface area (TPSA) is 99.1 Å². The van der Waals surface area contributed by atoms with E-state index in [0.29, 0.717) is 0 Å². The van der Waals surface area contributed by atoms with Crippen LogP contribution in [0.15, 0.2) is 0 Å². The second-order valence-electron chi connectivity index (χ2n) is 2.30. The summed E-state index contributed by atoms with van der Waals surface area (Å²) >= 11 is 0. The van der Waals surface area contributed by atoms with Crippen molar-refractivity contribution in [3.05, 3.63) is 0 Å². The molecule has 0 aromatic carbocycles. The molecule has 0 aliphatic carbocycles. The lowest BCUT2D eigenvalue weighted by Gasteiger charge is -2.18. The first-order valence-electron chi connectivity index (χ1n) is 3.56. The molecule has 14 heavy (non-hydrogen) atoms. The average molecular weight is 222 g/mol. The first kappa shape index (κ1) is 12.6. The maximum atomic E-state index is 10.5. The molecule has 8 heteroatoms. The zero-order valence-corrected chi connectivity index (χ0v) is 8.90. The van der Waals surface area contributed by atoms with Crippen molar-refractivity contribution in [2.24, 2.45) is 0 Å². The molecule has 1 N–H and O–H groups in total. The fraction of sp³-hybridized carbons (Fsp3) is 0.500. The van der Waals surface area contributed by atoms with E-state index in [4.69, 9.17) is 0 Å². The SMILES string of the molecule is CC(=O)O[Si](O)(OC(C)=O)OC(C)=O. The van der Waals surface area contributed by atoms with Crippen molar-refractivity contribution in [2.75, 3.05) is 0 Å². The lowest BCUT2D eigenvalue weighted by molar-refractivity contribution is -0.153. The predicted molar refractivity (Wildman–Crippen MR) is 43.3 cm³/mol. The van der Waals surface area contributed by atoms with Crippen LogP contribution in [0.3, 0.4) is 0 Å². The van der Waals surface area contributed by atoms with Crippen molar-refractivity contribution in [1.29, 1.82) is 0 Å². The molecule has 0 rings (SSSR count). The van der Waals surface area contributed by atoms with Crippen LogP contribution in [0.2, 0.25) is 0 Å². The van der Waals surface area contributed by atoms with Crippen molar-refractivity contribution in [2.45, 2.75) is 20.8 Å². The molecule has 0 aliphatic heterocycles. The Morgan fingerprint density at radius 1 is 0.857 bits per heavy atom. The zero-order chi connectivity index (χ0) is 11.4. The van der Waals surface area contributed by atoms with Crippen molar-refractivity contribution in [3.63, 3.8) is 0 Å². The van der Waals surface area contributed by atoms with Crippen molar-refractivity contribution < 1.29 is 32.5 Å². The lowest BCUT2D eigenvalue weighted by Crippen LogP contribution is -2.49. The van der Waals surface area contributed by atoms with Crippen LogP contribution in [0, 0.1) is 0 Å². The van der Waals surface area contributed by atoms with Gasteiger partial charge in [-0.25, -0.2) is 0 Å². The Bertz CT molecular complexity index is 220. The van der Waals surface area contributed by atoms with Gasteiger partial charge in [0.05, 0.1) is 0 Å². The Balaban J connectivity index is 4.56. The standard InChI is InChI=1S/C6H10O7Si/c1-4(7)11-14(10,12-5(2)8)13-6(3)9/h10H,1-3H3. The van der Waals surface area contributed by atoms with Gasteiger partial charge in [0.1, 0.15) is 0 Å². The molecule has 0 unspecified atom stereocenters. The monoisotopic (exact) mass is 222 g/mol. The molecule has 0 spiro atoms. The molecule has 0 saturated heterocycles. The van der Waals surface area contributed by atoms with Gasteiger partial charge in [-0.3, -0.25) is 14.4 Å². The second-order valence-corrected chi connectivity index (χ2v) is 3.96. The summed E-state index contributed by atoms with van der Waals surface area (Å²) in [6.45, 7) is 2.93. The van der Waals surface area contributed by atoms with Gasteiger partial charge in [-0.2, -0.15) is 0 Å². The third kappa shape index (κ3) is 5.27. The third-order valence-electron chi connectivity index (χ3n) is 0.818. The van der Waals surface area contributed by atoms with E-state index in [9.17, 15) is 19.2 Å². The summed E-state index contributed by atoms with van der Waals surface area (Å²) in [4.78, 5) is 40.8. The molecule has 80 valence electrons. The van der Waals surface area contributed by atoms with E-state index in [1.807, 2.05) is 0 Å². The summed E-state index contributed by atoms with van der Waals surface area (Å²) in [7, 11) is -4.49. The van der Waals surface area contributed by atoms with Crippen LogP contribution < -0.4 is 0 Å². The van der Waals surface area contributed by atoms with Gasteiger partial charge in [0.15, 0.2) is 0 Å². The van der Waals surface area contributed by atoms with Crippen LogP contribution in [0.25, 0.3) is 0 Å². The van der Waals surface area contributed by atoms with Gasteiger partial charge in [-0.15, -0.1) is 0 Å². The van der Waals surface area contributed by atoms with Crippen LogP contribution in [0.4, 0.5) is 0 Å². The molecule has 0 radical (unpaired) electrons. The molecule has 0 heterocycles. The van der Waals surface area contributed by atoms with Crippen LogP contribution in [-0.4, -0.2) is 31.8 Å². The van der Waals surface area contributed by atoms with Crippen LogP contribution in [0.1, 0.15) is 20.8 Å². The summed E-state index contributed by atoms with van der Waals surface area (Å²) in [6.07, 6.45) is 0. The Morgan fingerprint density at radius 3 is 1.21 bits per heavy atom. The minimum atomic E-state index is -4.49. The van der Waals surface area contributed by atoms with E-state index in [0.717, 1.165) is 20.8 Å². The Labute approximate surface area is 81.1 Å². The molecule has 0 aromatic heterocycles. The first-order chi connectivity index (χ1) is 6.25. The van der Waals surface area contributed by atoms with Gasteiger partial charge in [0, 0.05) is 20.8 Å². The smallest absolute Gasteiger partial charge is 0.433 e. The van der Waals surface area contributed by atoms with Gasteiger partial charge in [0.25, 0.3) is 17.9 Å². The number of hydrogen-bond acceptors (Lipinski definition) is 7. The first-order valence-corrected chi connectivity index (χ1v) is 5.23. The fourth-order valence-corrected chi connectivity index (χ4v) is 1.82. The van der Waals surface area contributed by atoms with Crippen molar-refractivity contribution in [1.82, 2.24) is 0 Å². The molecule has 0 fully saturated rings. The molecule has 0 saturated carbocycles. The minimum Gasteiger partial charge on any atom is -0.433 e. The van der Waals surface area contributed by atoms with Crippen LogP contribution >= 0.6 is 0 Å². The van der Waals surface area contributed by atoms with Gasteiger partial charge in [0.2, 0.25) is 0 Å². The van der Waals surface area contributed by atoms with E-state index >= 15 is 0 Å².